The Morgan fingerprint density at radius 3 is 0.971 bits per heavy atom. The third kappa shape index (κ3) is 55.6. The Hall–Kier alpha value is -3.15. The second-order valence-electron chi connectivity index (χ2n) is 19.7. The summed E-state index contributed by atoms with van der Waals surface area (Å²) >= 11 is 0. The van der Waals surface area contributed by atoms with Gasteiger partial charge in [-0.2, -0.15) is 0 Å². The molecule has 0 spiro atoms. The standard InChI is InChI=1S/C63H110O6/c1-4-7-10-13-16-19-22-25-27-29-31-33-35-38-41-44-47-50-53-56-62(65)68-59-60(58-67-61(64)55-52-49-46-43-40-37-24-21-18-15-12-9-6-3)69-63(66)57-54-51-48-45-42-39-36-34-32-30-28-26-23-20-17-14-11-8-5-2/h9,12,15,18,21,24,29,31,37,40,43,46,60H,4-8,10-11,13-14,16-17,19-20,22-23,25-28,30,32-36,38-39,41-42,44-45,47-59H2,1-3H3/b12-9+,18-15+,24-21+,31-29+,40-37+,46-43+. The first kappa shape index (κ1) is 65.8. The summed E-state index contributed by atoms with van der Waals surface area (Å²) in [7, 11) is 0. The highest BCUT2D eigenvalue weighted by atomic mass is 16.6. The van der Waals surface area contributed by atoms with Crippen molar-refractivity contribution in [2.24, 2.45) is 0 Å². The molecule has 0 bridgehead atoms. The lowest BCUT2D eigenvalue weighted by atomic mass is 10.0. The number of rotatable bonds is 53. The number of carbonyl (C=O) groups excluding carboxylic acids is 3. The highest BCUT2D eigenvalue weighted by molar-refractivity contribution is 5.71. The molecule has 6 heteroatoms. The molecule has 0 rings (SSSR count). The van der Waals surface area contributed by atoms with E-state index in [2.05, 4.69) is 39.0 Å². The zero-order valence-electron chi connectivity index (χ0n) is 45.6. The van der Waals surface area contributed by atoms with Gasteiger partial charge in [0, 0.05) is 19.3 Å². The molecule has 1 unspecified atom stereocenters. The predicted molar refractivity (Wildman–Crippen MR) is 298 cm³/mol. The largest absolute Gasteiger partial charge is 0.462 e. The zero-order chi connectivity index (χ0) is 50.0. The van der Waals surface area contributed by atoms with E-state index >= 15 is 0 Å². The van der Waals surface area contributed by atoms with Gasteiger partial charge in [-0.25, -0.2) is 0 Å². The first-order valence-electron chi connectivity index (χ1n) is 29.5. The Morgan fingerprint density at radius 2 is 0.594 bits per heavy atom. The van der Waals surface area contributed by atoms with Crippen molar-refractivity contribution in [3.05, 3.63) is 72.9 Å². The van der Waals surface area contributed by atoms with Crippen LogP contribution < -0.4 is 0 Å². The van der Waals surface area contributed by atoms with E-state index in [4.69, 9.17) is 14.2 Å². The summed E-state index contributed by atoms with van der Waals surface area (Å²) in [6, 6.07) is 0. The molecule has 0 aromatic rings. The molecule has 0 radical (unpaired) electrons. The first-order chi connectivity index (χ1) is 34.0. The number of carbonyl (C=O) groups is 3. The monoisotopic (exact) mass is 963 g/mol. The molecule has 0 aromatic carbocycles. The summed E-state index contributed by atoms with van der Waals surface area (Å²) in [5.74, 6) is -0.967. The van der Waals surface area contributed by atoms with E-state index in [-0.39, 0.29) is 37.5 Å². The van der Waals surface area contributed by atoms with E-state index in [0.29, 0.717) is 19.3 Å². The van der Waals surface area contributed by atoms with Crippen LogP contribution in [0, 0.1) is 0 Å². The van der Waals surface area contributed by atoms with Crippen molar-refractivity contribution in [2.45, 2.75) is 297 Å². The highest BCUT2D eigenvalue weighted by Gasteiger charge is 2.19. The molecule has 0 aliphatic carbocycles. The molecule has 0 amide bonds. The fourth-order valence-corrected chi connectivity index (χ4v) is 8.41. The highest BCUT2D eigenvalue weighted by Crippen LogP contribution is 2.17. The zero-order valence-corrected chi connectivity index (χ0v) is 45.6. The van der Waals surface area contributed by atoms with Gasteiger partial charge in [0.15, 0.2) is 6.10 Å². The summed E-state index contributed by atoms with van der Waals surface area (Å²) in [6.45, 7) is 6.46. The summed E-state index contributed by atoms with van der Waals surface area (Å²) in [5, 5.41) is 0. The Bertz CT molecular complexity index is 1290. The fourth-order valence-electron chi connectivity index (χ4n) is 8.41. The molecule has 6 nitrogen and oxygen atoms in total. The van der Waals surface area contributed by atoms with Crippen LogP contribution in [0.3, 0.4) is 0 Å². The van der Waals surface area contributed by atoms with Crippen LogP contribution in [0.15, 0.2) is 72.9 Å². The topological polar surface area (TPSA) is 78.9 Å². The van der Waals surface area contributed by atoms with Crippen molar-refractivity contribution in [2.75, 3.05) is 13.2 Å². The third-order valence-electron chi connectivity index (χ3n) is 12.8. The van der Waals surface area contributed by atoms with E-state index in [1.807, 2.05) is 54.7 Å². The SMILES string of the molecule is CC/C=C/C=C/C=C/C=C/C=C/CCCC(=O)OCC(COC(=O)CCCCCCCCC/C=C/CCCCCCCCCC)OC(=O)CCCCCCCCCCCCCCCCCCCCC. The summed E-state index contributed by atoms with van der Waals surface area (Å²) in [6.07, 6.45) is 73.4. The second kappa shape index (κ2) is 57.4. The van der Waals surface area contributed by atoms with Crippen LogP contribution >= 0.6 is 0 Å². The van der Waals surface area contributed by atoms with Crippen LogP contribution in [0.25, 0.3) is 0 Å². The van der Waals surface area contributed by atoms with Crippen molar-refractivity contribution < 1.29 is 28.6 Å². The molecule has 0 heterocycles. The molecule has 69 heavy (non-hydrogen) atoms. The number of ether oxygens (including phenoxy) is 3. The van der Waals surface area contributed by atoms with E-state index in [9.17, 15) is 14.4 Å². The molecule has 0 aliphatic heterocycles. The average molecular weight is 964 g/mol. The number of hydrogen-bond acceptors (Lipinski definition) is 6. The Morgan fingerprint density at radius 1 is 0.304 bits per heavy atom. The van der Waals surface area contributed by atoms with Gasteiger partial charge >= 0.3 is 17.9 Å². The van der Waals surface area contributed by atoms with Gasteiger partial charge in [-0.1, -0.05) is 286 Å². The molecule has 0 saturated heterocycles. The fraction of sp³-hybridized carbons (Fsp3) is 0.762. The van der Waals surface area contributed by atoms with E-state index in [1.165, 1.54) is 193 Å². The molecular weight excluding hydrogens is 853 g/mol. The minimum atomic E-state index is -0.804. The average Bonchev–Trinajstić information content (AvgIpc) is 3.35. The van der Waals surface area contributed by atoms with Gasteiger partial charge in [0.25, 0.3) is 0 Å². The summed E-state index contributed by atoms with van der Waals surface area (Å²) in [4.78, 5) is 38.1. The molecule has 398 valence electrons. The lowest BCUT2D eigenvalue weighted by Crippen LogP contribution is -2.30. The van der Waals surface area contributed by atoms with Crippen molar-refractivity contribution in [3.8, 4) is 0 Å². The lowest BCUT2D eigenvalue weighted by molar-refractivity contribution is -0.167. The van der Waals surface area contributed by atoms with Crippen molar-refractivity contribution in [3.63, 3.8) is 0 Å². The van der Waals surface area contributed by atoms with Gasteiger partial charge < -0.3 is 14.2 Å². The maximum Gasteiger partial charge on any atom is 0.306 e. The van der Waals surface area contributed by atoms with Gasteiger partial charge in [-0.15, -0.1) is 0 Å². The maximum absolute atomic E-state index is 12.9. The molecule has 1 atom stereocenters. The van der Waals surface area contributed by atoms with Crippen LogP contribution in [-0.4, -0.2) is 37.2 Å². The smallest absolute Gasteiger partial charge is 0.306 e. The maximum atomic E-state index is 12.9. The normalized spacial score (nSPS) is 12.6. The van der Waals surface area contributed by atoms with Gasteiger partial charge in [0.1, 0.15) is 13.2 Å². The molecule has 0 fully saturated rings. The van der Waals surface area contributed by atoms with Crippen LogP contribution in [0.5, 0.6) is 0 Å². The van der Waals surface area contributed by atoms with E-state index in [0.717, 1.165) is 51.4 Å². The Labute approximate surface area is 427 Å². The number of allylic oxidation sites excluding steroid dienone is 12. The number of unbranched alkanes of at least 4 members (excludes halogenated alkanes) is 34. The van der Waals surface area contributed by atoms with Crippen LogP contribution in [0.1, 0.15) is 290 Å². The van der Waals surface area contributed by atoms with E-state index < -0.39 is 6.10 Å². The van der Waals surface area contributed by atoms with Gasteiger partial charge in [-0.3, -0.25) is 14.4 Å². The Kier molecular flexibility index (Phi) is 54.8. The van der Waals surface area contributed by atoms with Crippen molar-refractivity contribution in [1.29, 1.82) is 0 Å². The van der Waals surface area contributed by atoms with Crippen LogP contribution in [0.4, 0.5) is 0 Å². The van der Waals surface area contributed by atoms with E-state index in [1.54, 1.807) is 0 Å². The van der Waals surface area contributed by atoms with Crippen LogP contribution in [-0.2, 0) is 28.6 Å². The molecule has 0 N–H and O–H groups in total. The van der Waals surface area contributed by atoms with Crippen molar-refractivity contribution in [1.82, 2.24) is 0 Å². The Balaban J connectivity index is 4.39. The first-order valence-corrected chi connectivity index (χ1v) is 29.5. The summed E-state index contributed by atoms with van der Waals surface area (Å²) < 4.78 is 16.8. The lowest BCUT2D eigenvalue weighted by Gasteiger charge is -2.18. The molecule has 0 saturated carbocycles. The minimum absolute atomic E-state index is 0.0978. The quantitative estimate of drug-likeness (QED) is 0.0199. The van der Waals surface area contributed by atoms with Crippen molar-refractivity contribution >= 4 is 17.9 Å². The van der Waals surface area contributed by atoms with Gasteiger partial charge in [-0.05, 0) is 57.8 Å². The molecular formula is C63H110O6. The van der Waals surface area contributed by atoms with Gasteiger partial charge in [0.05, 0.1) is 0 Å². The predicted octanol–water partition coefficient (Wildman–Crippen LogP) is 19.8. The number of esters is 3. The van der Waals surface area contributed by atoms with Gasteiger partial charge in [0.2, 0.25) is 0 Å². The summed E-state index contributed by atoms with van der Waals surface area (Å²) in [5.41, 5.74) is 0. The molecule has 0 aromatic heterocycles. The van der Waals surface area contributed by atoms with Crippen LogP contribution in [0.2, 0.25) is 0 Å². The molecule has 0 aliphatic rings. The minimum Gasteiger partial charge on any atom is -0.462 e. The third-order valence-corrected chi connectivity index (χ3v) is 12.8. The second-order valence-corrected chi connectivity index (χ2v) is 19.7. The number of hydrogen-bond donors (Lipinski definition) is 0.